The Hall–Kier alpha value is -4.35. The lowest BCUT2D eigenvalue weighted by Crippen LogP contribution is -2.26. The average molecular weight is 492 g/mol. The number of carbonyl (C=O) groups excluding carboxylic acids is 1. The number of methoxy groups -OCH3 is 2. The van der Waals surface area contributed by atoms with Crippen LogP contribution in [0.15, 0.2) is 36.5 Å². The maximum atomic E-state index is 13.4. The number of ether oxygens (including phenoxy) is 2. The molecule has 0 saturated heterocycles. The maximum Gasteiger partial charge on any atom is 0.416 e. The fourth-order valence-corrected chi connectivity index (χ4v) is 4.20. The van der Waals surface area contributed by atoms with Crippen molar-refractivity contribution >= 4 is 17.6 Å². The van der Waals surface area contributed by atoms with E-state index in [1.165, 1.54) is 37.0 Å². The number of phenolic OH excluding ortho intramolecular Hbond substituents is 2. The minimum atomic E-state index is -4.65. The number of fused-ring (bicyclic) bond motifs is 1. The summed E-state index contributed by atoms with van der Waals surface area (Å²) in [4.78, 5) is 24.5. The van der Waals surface area contributed by atoms with Crippen LogP contribution < -0.4 is 14.8 Å². The molecule has 1 aliphatic rings. The molecule has 1 aromatic heterocycles. The van der Waals surface area contributed by atoms with E-state index in [4.69, 9.17) is 9.47 Å². The van der Waals surface area contributed by atoms with Gasteiger partial charge in [0.1, 0.15) is 5.56 Å². The van der Waals surface area contributed by atoms with Crippen molar-refractivity contribution in [2.45, 2.75) is 18.5 Å². The molecular weight excluding hydrogens is 473 g/mol. The fourth-order valence-electron chi connectivity index (χ4n) is 4.20. The number of aromatic nitrogens is 1. The van der Waals surface area contributed by atoms with Gasteiger partial charge in [0, 0.05) is 29.8 Å². The number of amides is 1. The van der Waals surface area contributed by atoms with E-state index in [-0.39, 0.29) is 46.1 Å². The number of halogens is 3. The third kappa shape index (κ3) is 3.96. The molecule has 2 heterocycles. The molecule has 35 heavy (non-hydrogen) atoms. The van der Waals surface area contributed by atoms with Crippen LogP contribution in [0.1, 0.15) is 39.5 Å². The number of nitrogens with zero attached hydrogens (tertiary/aromatic N) is 1. The van der Waals surface area contributed by atoms with E-state index < -0.39 is 41.0 Å². The highest BCUT2D eigenvalue weighted by molar-refractivity contribution is 6.04. The van der Waals surface area contributed by atoms with Gasteiger partial charge in [0.05, 0.1) is 31.2 Å². The molecule has 1 amide bonds. The Morgan fingerprint density at radius 1 is 1.14 bits per heavy atom. The van der Waals surface area contributed by atoms with Gasteiger partial charge in [-0.25, -0.2) is 4.79 Å². The maximum absolute atomic E-state index is 13.4. The van der Waals surface area contributed by atoms with Crippen LogP contribution in [0.5, 0.6) is 23.0 Å². The number of aromatic carboxylic acids is 1. The lowest BCUT2D eigenvalue weighted by Gasteiger charge is -2.28. The van der Waals surface area contributed by atoms with Gasteiger partial charge in [-0.05, 0) is 24.3 Å². The van der Waals surface area contributed by atoms with Gasteiger partial charge in [-0.15, -0.1) is 0 Å². The van der Waals surface area contributed by atoms with Crippen molar-refractivity contribution < 1.29 is 47.6 Å². The predicted octanol–water partition coefficient (Wildman–Crippen LogP) is 4.10. The molecule has 0 saturated carbocycles. The molecule has 9 nitrogen and oxygen atoms in total. The number of carbonyl (C=O) groups is 2. The normalized spacial score (nSPS) is 15.3. The third-order valence-electron chi connectivity index (χ3n) is 5.73. The molecule has 2 aromatic carbocycles. The molecule has 4 rings (SSSR count). The van der Waals surface area contributed by atoms with Crippen LogP contribution in [0.25, 0.3) is 5.69 Å². The number of nitrogens with one attached hydrogen (secondary N) is 1. The predicted molar refractivity (Wildman–Crippen MR) is 116 cm³/mol. The quantitative estimate of drug-likeness (QED) is 0.395. The molecule has 0 aliphatic carbocycles. The SMILES string of the molecule is COc1cc([C@@H]2CC(=O)Nc3c(C(=O)O)cn(-c4cccc(C(F)(F)F)c4)c32)c(OC)c(O)c1O. The Kier molecular flexibility index (Phi) is 5.75. The molecule has 1 aliphatic heterocycles. The second kappa shape index (κ2) is 8.46. The first-order chi connectivity index (χ1) is 16.5. The highest BCUT2D eigenvalue weighted by Gasteiger charge is 2.38. The second-order valence-electron chi connectivity index (χ2n) is 7.73. The molecule has 0 radical (unpaired) electrons. The van der Waals surface area contributed by atoms with Crippen LogP contribution in [-0.2, 0) is 11.0 Å². The summed E-state index contributed by atoms with van der Waals surface area (Å²) in [5.41, 5.74) is -1.11. The zero-order valence-corrected chi connectivity index (χ0v) is 18.3. The summed E-state index contributed by atoms with van der Waals surface area (Å²) in [5.74, 6) is -4.62. The number of hydrogen-bond acceptors (Lipinski definition) is 6. The van der Waals surface area contributed by atoms with E-state index in [2.05, 4.69) is 5.32 Å². The Morgan fingerprint density at radius 2 is 1.86 bits per heavy atom. The highest BCUT2D eigenvalue weighted by Crippen LogP contribution is 2.51. The molecule has 12 heteroatoms. The zero-order valence-electron chi connectivity index (χ0n) is 18.3. The number of hydrogen-bond donors (Lipinski definition) is 4. The van der Waals surface area contributed by atoms with E-state index >= 15 is 0 Å². The second-order valence-corrected chi connectivity index (χ2v) is 7.73. The number of rotatable bonds is 5. The van der Waals surface area contributed by atoms with E-state index in [0.29, 0.717) is 0 Å². The Labute approximate surface area is 195 Å². The van der Waals surface area contributed by atoms with Gasteiger partial charge >= 0.3 is 12.1 Å². The fraction of sp³-hybridized carbons (Fsp3) is 0.217. The van der Waals surface area contributed by atoms with E-state index in [9.17, 15) is 38.1 Å². The van der Waals surface area contributed by atoms with Crippen LogP contribution >= 0.6 is 0 Å². The number of alkyl halides is 3. The average Bonchev–Trinajstić information content (AvgIpc) is 3.19. The van der Waals surface area contributed by atoms with Crippen LogP contribution in [0.3, 0.4) is 0 Å². The molecule has 3 aromatic rings. The van der Waals surface area contributed by atoms with Crippen LogP contribution in [0, 0.1) is 0 Å². The van der Waals surface area contributed by atoms with Gasteiger partial charge in [-0.2, -0.15) is 13.2 Å². The summed E-state index contributed by atoms with van der Waals surface area (Å²) in [6, 6.07) is 5.58. The van der Waals surface area contributed by atoms with Crippen LogP contribution in [0.2, 0.25) is 0 Å². The van der Waals surface area contributed by atoms with Crippen molar-refractivity contribution in [3.63, 3.8) is 0 Å². The van der Waals surface area contributed by atoms with Gasteiger partial charge < -0.3 is 34.7 Å². The number of carboxylic acid groups (broad SMARTS) is 1. The molecule has 184 valence electrons. The molecule has 0 spiro atoms. The minimum absolute atomic E-state index is 0.00124. The van der Waals surface area contributed by atoms with E-state index in [0.717, 1.165) is 18.3 Å². The van der Waals surface area contributed by atoms with Crippen molar-refractivity contribution in [3.05, 3.63) is 58.9 Å². The van der Waals surface area contributed by atoms with Gasteiger partial charge in [0.2, 0.25) is 17.4 Å². The van der Waals surface area contributed by atoms with Crippen LogP contribution in [-0.4, -0.2) is 46.0 Å². The highest BCUT2D eigenvalue weighted by atomic mass is 19.4. The standard InChI is InChI=1S/C23H19F3N2O7/c1-34-15-7-13(21(35-2)20(31)19(15)30)12-8-16(29)27-17-14(22(32)33)9-28(18(12)17)11-5-3-4-10(6-11)23(24,25)26/h3-7,9,12,30-31H,8H2,1-2H3,(H,27,29)(H,32,33)/t12-/m0/s1. The van der Waals surface area contributed by atoms with Crippen molar-refractivity contribution in [1.82, 2.24) is 4.57 Å². The number of anilines is 1. The van der Waals surface area contributed by atoms with Gasteiger partial charge in [0.25, 0.3) is 0 Å². The summed E-state index contributed by atoms with van der Waals surface area (Å²) in [5, 5.41) is 32.9. The molecule has 0 fully saturated rings. The van der Waals surface area contributed by atoms with Crippen molar-refractivity contribution in [2.75, 3.05) is 19.5 Å². The molecular formula is C23H19F3N2O7. The first-order valence-corrected chi connectivity index (χ1v) is 10.1. The monoisotopic (exact) mass is 492 g/mol. The molecule has 0 unspecified atom stereocenters. The lowest BCUT2D eigenvalue weighted by molar-refractivity contribution is -0.137. The van der Waals surface area contributed by atoms with Crippen molar-refractivity contribution in [3.8, 4) is 28.7 Å². The largest absolute Gasteiger partial charge is 0.502 e. The van der Waals surface area contributed by atoms with Gasteiger partial charge in [-0.3, -0.25) is 4.79 Å². The summed E-state index contributed by atoms with van der Waals surface area (Å²) in [7, 11) is 2.44. The first kappa shape index (κ1) is 23.8. The lowest BCUT2D eigenvalue weighted by atomic mass is 9.87. The van der Waals surface area contributed by atoms with Crippen molar-refractivity contribution in [2.24, 2.45) is 0 Å². The first-order valence-electron chi connectivity index (χ1n) is 10.1. The van der Waals surface area contributed by atoms with E-state index in [1.54, 1.807) is 0 Å². The molecule has 1 atom stereocenters. The third-order valence-corrected chi connectivity index (χ3v) is 5.73. The minimum Gasteiger partial charge on any atom is -0.502 e. The molecule has 4 N–H and O–H groups in total. The Morgan fingerprint density at radius 3 is 2.46 bits per heavy atom. The zero-order chi connectivity index (χ0) is 25.7. The van der Waals surface area contributed by atoms with Gasteiger partial charge in [0.15, 0.2) is 11.5 Å². The smallest absolute Gasteiger partial charge is 0.416 e. The van der Waals surface area contributed by atoms with Crippen LogP contribution in [0.4, 0.5) is 18.9 Å². The number of carboxylic acids is 1. The molecule has 0 bridgehead atoms. The number of phenols is 2. The number of aromatic hydroxyl groups is 2. The number of benzene rings is 2. The Balaban J connectivity index is 2.04. The summed E-state index contributed by atoms with van der Waals surface area (Å²) in [6.45, 7) is 0. The topological polar surface area (TPSA) is 130 Å². The van der Waals surface area contributed by atoms with E-state index in [1.807, 2.05) is 0 Å². The summed E-state index contributed by atoms with van der Waals surface area (Å²) in [6.07, 6.45) is -3.80. The van der Waals surface area contributed by atoms with Crippen molar-refractivity contribution in [1.29, 1.82) is 0 Å². The summed E-state index contributed by atoms with van der Waals surface area (Å²) < 4.78 is 51.7. The van der Waals surface area contributed by atoms with Gasteiger partial charge in [-0.1, -0.05) is 6.07 Å². The summed E-state index contributed by atoms with van der Waals surface area (Å²) >= 11 is 0. The Bertz CT molecular complexity index is 1350.